The number of carbonyl (C=O) groups is 2. The molecule has 1 N–H and O–H groups in total. The van der Waals surface area contributed by atoms with Gasteiger partial charge in [0, 0.05) is 23.7 Å². The maximum Gasteiger partial charge on any atom is 0.340 e. The van der Waals surface area contributed by atoms with Gasteiger partial charge in [0.2, 0.25) is 0 Å². The van der Waals surface area contributed by atoms with Crippen molar-refractivity contribution < 1.29 is 19.2 Å². The predicted molar refractivity (Wildman–Crippen MR) is 91.7 cm³/mol. The molecule has 0 aliphatic carbocycles. The maximum absolute atomic E-state index is 11.9. The molecule has 130 valence electrons. The number of nitrogens with one attached hydrogen (secondary N) is 1. The van der Waals surface area contributed by atoms with Crippen LogP contribution in [-0.2, 0) is 16.1 Å². The van der Waals surface area contributed by atoms with Crippen LogP contribution in [0.15, 0.2) is 42.5 Å². The fourth-order valence-electron chi connectivity index (χ4n) is 1.88. The summed E-state index contributed by atoms with van der Waals surface area (Å²) >= 11 is 11.8. The Balaban J connectivity index is 1.91. The van der Waals surface area contributed by atoms with Crippen LogP contribution < -0.4 is 5.32 Å². The van der Waals surface area contributed by atoms with Crippen molar-refractivity contribution >= 4 is 40.8 Å². The van der Waals surface area contributed by atoms with Crippen LogP contribution in [0.1, 0.15) is 15.9 Å². The molecule has 1 amide bonds. The zero-order valence-corrected chi connectivity index (χ0v) is 14.2. The number of carbonyl (C=O) groups excluding carboxylic acids is 2. The summed E-state index contributed by atoms with van der Waals surface area (Å²) in [7, 11) is 0. The van der Waals surface area contributed by atoms with Gasteiger partial charge in [0.15, 0.2) is 6.61 Å². The van der Waals surface area contributed by atoms with Gasteiger partial charge in [-0.3, -0.25) is 14.9 Å². The lowest BCUT2D eigenvalue weighted by atomic mass is 10.2. The van der Waals surface area contributed by atoms with Crippen molar-refractivity contribution in [2.24, 2.45) is 0 Å². The van der Waals surface area contributed by atoms with Crippen LogP contribution >= 0.6 is 23.2 Å². The number of nitrogens with zero attached hydrogens (tertiary/aromatic N) is 1. The summed E-state index contributed by atoms with van der Waals surface area (Å²) in [5.74, 6) is -1.48. The van der Waals surface area contributed by atoms with Crippen LogP contribution in [0.2, 0.25) is 10.0 Å². The quantitative estimate of drug-likeness (QED) is 0.469. The molecule has 0 heterocycles. The van der Waals surface area contributed by atoms with Gasteiger partial charge in [-0.1, -0.05) is 41.4 Å². The average molecular weight is 383 g/mol. The highest BCUT2D eigenvalue weighted by atomic mass is 35.5. The number of non-ortho nitro benzene ring substituents is 1. The van der Waals surface area contributed by atoms with Crippen molar-refractivity contribution in [1.29, 1.82) is 0 Å². The van der Waals surface area contributed by atoms with E-state index in [2.05, 4.69) is 5.32 Å². The lowest BCUT2D eigenvalue weighted by molar-refractivity contribution is -0.384. The Labute approximate surface area is 152 Å². The third-order valence-electron chi connectivity index (χ3n) is 3.15. The van der Waals surface area contributed by atoms with E-state index in [1.165, 1.54) is 6.07 Å². The highest BCUT2D eigenvalue weighted by Crippen LogP contribution is 2.22. The molecular formula is C16H12Cl2N2O5. The van der Waals surface area contributed by atoms with Crippen molar-refractivity contribution in [3.63, 3.8) is 0 Å². The number of hydrogen-bond donors (Lipinski definition) is 1. The molecule has 7 nitrogen and oxygen atoms in total. The van der Waals surface area contributed by atoms with E-state index in [-0.39, 0.29) is 22.8 Å². The average Bonchev–Trinajstić information content (AvgIpc) is 2.59. The van der Waals surface area contributed by atoms with Crippen LogP contribution in [0.3, 0.4) is 0 Å². The van der Waals surface area contributed by atoms with Gasteiger partial charge in [-0.05, 0) is 17.7 Å². The minimum absolute atomic E-state index is 0.00734. The summed E-state index contributed by atoms with van der Waals surface area (Å²) in [6.45, 7) is -0.379. The number of rotatable bonds is 6. The molecule has 2 rings (SSSR count). The summed E-state index contributed by atoms with van der Waals surface area (Å²) in [6, 6.07) is 10.3. The molecule has 0 saturated heterocycles. The molecule has 9 heteroatoms. The lowest BCUT2D eigenvalue weighted by Crippen LogP contribution is -2.28. The Morgan fingerprint density at radius 3 is 2.52 bits per heavy atom. The van der Waals surface area contributed by atoms with Gasteiger partial charge in [0.25, 0.3) is 11.6 Å². The minimum Gasteiger partial charge on any atom is -0.452 e. The first-order chi connectivity index (χ1) is 11.9. The normalized spacial score (nSPS) is 10.2. The summed E-state index contributed by atoms with van der Waals surface area (Å²) in [5.41, 5.74) is 0.222. The van der Waals surface area contributed by atoms with Gasteiger partial charge in [-0.15, -0.1) is 0 Å². The number of amides is 1. The zero-order chi connectivity index (χ0) is 18.4. The van der Waals surface area contributed by atoms with Crippen molar-refractivity contribution in [3.05, 3.63) is 73.8 Å². The van der Waals surface area contributed by atoms with Crippen LogP contribution in [0.4, 0.5) is 5.69 Å². The van der Waals surface area contributed by atoms with Crippen molar-refractivity contribution in [2.45, 2.75) is 6.54 Å². The number of benzene rings is 2. The van der Waals surface area contributed by atoms with Crippen LogP contribution in [-0.4, -0.2) is 23.4 Å². The number of nitro groups is 1. The third-order valence-corrected chi connectivity index (χ3v) is 3.85. The molecule has 0 bridgehead atoms. The highest BCUT2D eigenvalue weighted by molar-refractivity contribution is 6.33. The zero-order valence-electron chi connectivity index (χ0n) is 12.7. The molecule has 0 spiro atoms. The molecule has 0 aliphatic rings. The molecule has 0 aromatic heterocycles. The summed E-state index contributed by atoms with van der Waals surface area (Å²) < 4.78 is 4.83. The van der Waals surface area contributed by atoms with E-state index < -0.39 is 23.4 Å². The Kier molecular flexibility index (Phi) is 6.32. The SMILES string of the molecule is O=C(COC(=O)c1cc([N+](=O)[O-])ccc1Cl)NCc1ccccc1Cl. The van der Waals surface area contributed by atoms with E-state index in [4.69, 9.17) is 27.9 Å². The Bertz CT molecular complexity index is 826. The smallest absolute Gasteiger partial charge is 0.340 e. The van der Waals surface area contributed by atoms with Crippen LogP contribution in [0.5, 0.6) is 0 Å². The molecule has 0 saturated carbocycles. The molecule has 2 aromatic rings. The second-order valence-electron chi connectivity index (χ2n) is 4.87. The molecule has 0 atom stereocenters. The van der Waals surface area contributed by atoms with Crippen LogP contribution in [0, 0.1) is 10.1 Å². The van der Waals surface area contributed by atoms with E-state index in [1.807, 2.05) is 0 Å². The standard InChI is InChI=1S/C16H12Cl2N2O5/c17-13-4-2-1-3-10(13)8-19-15(21)9-25-16(22)12-7-11(20(23)24)5-6-14(12)18/h1-7H,8-9H2,(H,19,21). The Hall–Kier alpha value is -2.64. The second-order valence-corrected chi connectivity index (χ2v) is 5.68. The first-order valence-corrected chi connectivity index (χ1v) is 7.75. The van der Waals surface area contributed by atoms with Gasteiger partial charge in [0.05, 0.1) is 15.5 Å². The molecule has 0 radical (unpaired) electrons. The number of ether oxygens (including phenoxy) is 1. The van der Waals surface area contributed by atoms with Crippen LogP contribution in [0.25, 0.3) is 0 Å². The fourth-order valence-corrected chi connectivity index (χ4v) is 2.28. The molecular weight excluding hydrogens is 371 g/mol. The van der Waals surface area contributed by atoms with Crippen molar-refractivity contribution in [3.8, 4) is 0 Å². The minimum atomic E-state index is -0.929. The van der Waals surface area contributed by atoms with E-state index in [1.54, 1.807) is 24.3 Å². The molecule has 25 heavy (non-hydrogen) atoms. The van der Waals surface area contributed by atoms with E-state index in [0.29, 0.717) is 10.6 Å². The highest BCUT2D eigenvalue weighted by Gasteiger charge is 2.18. The monoisotopic (exact) mass is 382 g/mol. The molecule has 0 aliphatic heterocycles. The third kappa shape index (κ3) is 5.17. The van der Waals surface area contributed by atoms with Crippen molar-refractivity contribution in [1.82, 2.24) is 5.32 Å². The number of hydrogen-bond acceptors (Lipinski definition) is 5. The molecule has 2 aromatic carbocycles. The number of nitro benzene ring substituents is 1. The topological polar surface area (TPSA) is 98.5 Å². The number of esters is 1. The van der Waals surface area contributed by atoms with Gasteiger partial charge < -0.3 is 10.1 Å². The summed E-state index contributed by atoms with van der Waals surface area (Å²) in [5, 5.41) is 13.8. The largest absolute Gasteiger partial charge is 0.452 e. The fraction of sp³-hybridized carbons (Fsp3) is 0.125. The Morgan fingerprint density at radius 2 is 1.84 bits per heavy atom. The first kappa shape index (κ1) is 18.7. The van der Waals surface area contributed by atoms with Gasteiger partial charge in [-0.25, -0.2) is 4.79 Å². The molecule has 0 fully saturated rings. The van der Waals surface area contributed by atoms with Gasteiger partial charge >= 0.3 is 5.97 Å². The number of halogens is 2. The van der Waals surface area contributed by atoms with Gasteiger partial charge in [-0.2, -0.15) is 0 Å². The first-order valence-electron chi connectivity index (χ1n) is 6.99. The van der Waals surface area contributed by atoms with Gasteiger partial charge in [0.1, 0.15) is 0 Å². The maximum atomic E-state index is 11.9. The summed E-state index contributed by atoms with van der Waals surface area (Å²) in [4.78, 5) is 33.8. The second kappa shape index (κ2) is 8.46. The summed E-state index contributed by atoms with van der Waals surface area (Å²) in [6.07, 6.45) is 0. The van der Waals surface area contributed by atoms with E-state index in [9.17, 15) is 19.7 Å². The predicted octanol–water partition coefficient (Wildman–Crippen LogP) is 3.37. The van der Waals surface area contributed by atoms with E-state index >= 15 is 0 Å². The molecule has 0 unspecified atom stereocenters. The van der Waals surface area contributed by atoms with Crippen molar-refractivity contribution in [2.75, 3.05) is 6.61 Å². The van der Waals surface area contributed by atoms with E-state index in [0.717, 1.165) is 12.1 Å². The Morgan fingerprint density at radius 1 is 1.12 bits per heavy atom. The lowest BCUT2D eigenvalue weighted by Gasteiger charge is -2.08.